The van der Waals surface area contributed by atoms with Crippen LogP contribution in [0.1, 0.15) is 18.1 Å². The molecule has 0 atom stereocenters. The standard InChI is InChI=1S/C13H18BrNO3S/c1-4-6-15(5-2)19(17,18)12-8-11(9-16)7-10(3)13(12)14/h4,7-8,16H,1,5-6,9H2,2-3H3. The van der Waals surface area contributed by atoms with Crippen LogP contribution in [-0.4, -0.2) is 30.9 Å². The molecule has 0 amide bonds. The number of rotatable bonds is 6. The molecule has 1 aromatic rings. The summed E-state index contributed by atoms with van der Waals surface area (Å²) in [4.78, 5) is 0.181. The Morgan fingerprint density at radius 2 is 2.11 bits per heavy atom. The minimum atomic E-state index is -3.59. The zero-order valence-corrected chi connectivity index (χ0v) is 13.5. The lowest BCUT2D eigenvalue weighted by molar-refractivity contribution is 0.281. The van der Waals surface area contributed by atoms with Crippen molar-refractivity contribution in [3.63, 3.8) is 0 Å². The van der Waals surface area contributed by atoms with Crippen molar-refractivity contribution in [2.24, 2.45) is 0 Å². The number of hydrogen-bond acceptors (Lipinski definition) is 3. The van der Waals surface area contributed by atoms with E-state index in [1.54, 1.807) is 26.0 Å². The van der Waals surface area contributed by atoms with Gasteiger partial charge in [-0.3, -0.25) is 0 Å². The van der Waals surface area contributed by atoms with Crippen molar-refractivity contribution in [1.29, 1.82) is 0 Å². The molecule has 1 aromatic carbocycles. The van der Waals surface area contributed by atoms with E-state index in [0.29, 0.717) is 16.6 Å². The van der Waals surface area contributed by atoms with Crippen LogP contribution in [0.5, 0.6) is 0 Å². The van der Waals surface area contributed by atoms with Gasteiger partial charge in [0.05, 0.1) is 11.5 Å². The number of nitrogens with zero attached hydrogens (tertiary/aromatic N) is 1. The summed E-state index contributed by atoms with van der Waals surface area (Å²) < 4.78 is 27.0. The first-order valence-corrected chi connectivity index (χ1v) is 8.12. The molecule has 0 aromatic heterocycles. The number of aliphatic hydroxyl groups excluding tert-OH is 1. The van der Waals surface area contributed by atoms with Crippen LogP contribution >= 0.6 is 15.9 Å². The van der Waals surface area contributed by atoms with E-state index in [0.717, 1.165) is 5.56 Å². The van der Waals surface area contributed by atoms with Crippen molar-refractivity contribution < 1.29 is 13.5 Å². The SMILES string of the molecule is C=CCN(CC)S(=O)(=O)c1cc(CO)cc(C)c1Br. The molecule has 1 rings (SSSR count). The average molecular weight is 348 g/mol. The second kappa shape index (κ2) is 6.65. The molecule has 1 N–H and O–H groups in total. The van der Waals surface area contributed by atoms with Crippen LogP contribution in [0.4, 0.5) is 0 Å². The van der Waals surface area contributed by atoms with Crippen molar-refractivity contribution in [2.45, 2.75) is 25.3 Å². The van der Waals surface area contributed by atoms with E-state index in [9.17, 15) is 13.5 Å². The lowest BCUT2D eigenvalue weighted by Crippen LogP contribution is -2.31. The number of hydrogen-bond donors (Lipinski definition) is 1. The van der Waals surface area contributed by atoms with Gasteiger partial charge in [0, 0.05) is 17.6 Å². The van der Waals surface area contributed by atoms with Crippen LogP contribution < -0.4 is 0 Å². The fourth-order valence-corrected chi connectivity index (χ4v) is 4.22. The summed E-state index contributed by atoms with van der Waals surface area (Å²) in [5, 5.41) is 9.20. The summed E-state index contributed by atoms with van der Waals surface area (Å²) in [6, 6.07) is 3.26. The summed E-state index contributed by atoms with van der Waals surface area (Å²) in [5.74, 6) is 0. The number of aryl methyl sites for hydroxylation is 1. The zero-order chi connectivity index (χ0) is 14.6. The van der Waals surface area contributed by atoms with Crippen molar-refractivity contribution in [3.05, 3.63) is 40.4 Å². The zero-order valence-electron chi connectivity index (χ0n) is 11.1. The summed E-state index contributed by atoms with van der Waals surface area (Å²) in [7, 11) is -3.59. The molecule has 106 valence electrons. The molecule has 0 aliphatic carbocycles. The Labute approximate surface area is 122 Å². The third-order valence-corrected chi connectivity index (χ3v) is 6.05. The van der Waals surface area contributed by atoms with Crippen molar-refractivity contribution >= 4 is 26.0 Å². The third kappa shape index (κ3) is 3.45. The van der Waals surface area contributed by atoms with Gasteiger partial charge in [0.1, 0.15) is 0 Å². The van der Waals surface area contributed by atoms with Crippen molar-refractivity contribution in [1.82, 2.24) is 4.31 Å². The molecule has 0 unspecified atom stereocenters. The maximum Gasteiger partial charge on any atom is 0.244 e. The largest absolute Gasteiger partial charge is 0.392 e. The van der Waals surface area contributed by atoms with E-state index in [4.69, 9.17) is 0 Å². The van der Waals surface area contributed by atoms with Gasteiger partial charge < -0.3 is 5.11 Å². The minimum absolute atomic E-state index is 0.181. The summed E-state index contributed by atoms with van der Waals surface area (Å²) in [6.07, 6.45) is 1.55. The second-order valence-corrected chi connectivity index (χ2v) is 6.83. The Hall–Kier alpha value is -0.690. The van der Waals surface area contributed by atoms with E-state index in [2.05, 4.69) is 22.5 Å². The molecule has 0 bridgehead atoms. The van der Waals surface area contributed by atoms with Crippen LogP contribution in [0.15, 0.2) is 34.2 Å². The van der Waals surface area contributed by atoms with Gasteiger partial charge in [-0.2, -0.15) is 4.31 Å². The number of sulfonamides is 1. The molecular weight excluding hydrogens is 330 g/mol. The summed E-state index contributed by atoms with van der Waals surface area (Å²) >= 11 is 3.31. The first-order valence-electron chi connectivity index (χ1n) is 5.89. The Balaban J connectivity index is 3.42. The molecule has 0 spiro atoms. The molecule has 0 saturated heterocycles. The highest BCUT2D eigenvalue weighted by atomic mass is 79.9. The molecule has 0 heterocycles. The van der Waals surface area contributed by atoms with E-state index < -0.39 is 10.0 Å². The second-order valence-electron chi connectivity index (χ2n) is 4.13. The van der Waals surface area contributed by atoms with Crippen LogP contribution in [-0.2, 0) is 16.6 Å². The van der Waals surface area contributed by atoms with E-state index in [1.165, 1.54) is 10.4 Å². The van der Waals surface area contributed by atoms with Crippen LogP contribution in [0.25, 0.3) is 0 Å². The molecule has 0 aliphatic heterocycles. The highest BCUT2D eigenvalue weighted by Crippen LogP contribution is 2.29. The van der Waals surface area contributed by atoms with Crippen molar-refractivity contribution in [2.75, 3.05) is 13.1 Å². The first-order chi connectivity index (χ1) is 8.88. The van der Waals surface area contributed by atoms with Gasteiger partial charge in [-0.25, -0.2) is 8.42 Å². The van der Waals surface area contributed by atoms with E-state index in [1.807, 2.05) is 0 Å². The van der Waals surface area contributed by atoms with Gasteiger partial charge in [-0.15, -0.1) is 6.58 Å². The molecule has 0 radical (unpaired) electrons. The molecule has 19 heavy (non-hydrogen) atoms. The Morgan fingerprint density at radius 1 is 1.47 bits per heavy atom. The quantitative estimate of drug-likeness (QED) is 0.804. The van der Waals surface area contributed by atoms with Crippen molar-refractivity contribution in [3.8, 4) is 0 Å². The Kier molecular flexibility index (Phi) is 5.73. The number of likely N-dealkylation sites (N-methyl/N-ethyl adjacent to an activating group) is 1. The maximum atomic E-state index is 12.6. The number of aliphatic hydroxyl groups is 1. The summed E-state index contributed by atoms with van der Waals surface area (Å²) in [5.41, 5.74) is 1.36. The predicted octanol–water partition coefficient (Wildman–Crippen LogP) is 2.45. The van der Waals surface area contributed by atoms with E-state index in [-0.39, 0.29) is 18.0 Å². The maximum absolute atomic E-state index is 12.6. The van der Waals surface area contributed by atoms with Crippen LogP contribution in [0, 0.1) is 6.92 Å². The third-order valence-electron chi connectivity index (χ3n) is 2.77. The molecule has 0 saturated carbocycles. The van der Waals surface area contributed by atoms with Crippen LogP contribution in [0.2, 0.25) is 0 Å². The van der Waals surface area contributed by atoms with Gasteiger partial charge in [-0.05, 0) is 40.0 Å². The van der Waals surface area contributed by atoms with Gasteiger partial charge in [0.25, 0.3) is 0 Å². The Morgan fingerprint density at radius 3 is 2.58 bits per heavy atom. The normalized spacial score (nSPS) is 11.8. The molecule has 0 aliphatic rings. The smallest absolute Gasteiger partial charge is 0.244 e. The topological polar surface area (TPSA) is 57.6 Å². The number of halogens is 1. The van der Waals surface area contributed by atoms with Crippen LogP contribution in [0.3, 0.4) is 0 Å². The summed E-state index contributed by atoms with van der Waals surface area (Å²) in [6.45, 7) is 7.58. The predicted molar refractivity (Wildman–Crippen MR) is 79.4 cm³/mol. The molecular formula is C13H18BrNO3S. The highest BCUT2D eigenvalue weighted by molar-refractivity contribution is 9.10. The molecule has 0 fully saturated rings. The lowest BCUT2D eigenvalue weighted by atomic mass is 10.1. The highest BCUT2D eigenvalue weighted by Gasteiger charge is 2.25. The van der Waals surface area contributed by atoms with Gasteiger partial charge in [0.15, 0.2) is 0 Å². The van der Waals surface area contributed by atoms with Gasteiger partial charge >= 0.3 is 0 Å². The first kappa shape index (κ1) is 16.4. The lowest BCUT2D eigenvalue weighted by Gasteiger charge is -2.20. The molecule has 4 nitrogen and oxygen atoms in total. The monoisotopic (exact) mass is 347 g/mol. The minimum Gasteiger partial charge on any atom is -0.392 e. The van der Waals surface area contributed by atoms with Gasteiger partial charge in [-0.1, -0.05) is 19.1 Å². The van der Waals surface area contributed by atoms with Gasteiger partial charge in [0.2, 0.25) is 10.0 Å². The fraction of sp³-hybridized carbons (Fsp3) is 0.385. The molecule has 6 heteroatoms. The average Bonchev–Trinajstić information content (AvgIpc) is 2.38. The Bertz CT molecular complexity index is 569. The van der Waals surface area contributed by atoms with E-state index >= 15 is 0 Å². The number of benzene rings is 1. The fourth-order valence-electron chi connectivity index (χ4n) is 1.77.